The lowest BCUT2D eigenvalue weighted by Crippen LogP contribution is -2.37. The minimum atomic E-state index is -0.576. The Hall–Kier alpha value is -2.21. The molecule has 1 atom stereocenters. The number of carbonyl (C=O) groups is 1. The number of hydrogen-bond donors (Lipinski definition) is 2. The molecule has 0 radical (unpaired) electrons. The van der Waals surface area contributed by atoms with Gasteiger partial charge in [0.05, 0.1) is 11.7 Å². The van der Waals surface area contributed by atoms with Gasteiger partial charge in [0.1, 0.15) is 11.6 Å². The first-order valence-corrected chi connectivity index (χ1v) is 6.31. The second-order valence-electron chi connectivity index (χ2n) is 4.64. The molecule has 0 saturated carbocycles. The largest absolute Gasteiger partial charge is 0.351 e. The van der Waals surface area contributed by atoms with E-state index in [0.717, 1.165) is 0 Å². The molecule has 0 aliphatic heterocycles. The van der Waals surface area contributed by atoms with E-state index in [0.29, 0.717) is 17.1 Å². The van der Waals surface area contributed by atoms with Crippen LogP contribution in [0.15, 0.2) is 30.6 Å². The number of nitrogens with two attached hydrogens (primary N) is 1. The summed E-state index contributed by atoms with van der Waals surface area (Å²) in [5.41, 5.74) is 6.55. The van der Waals surface area contributed by atoms with Crippen LogP contribution in [0.5, 0.6) is 0 Å². The highest BCUT2D eigenvalue weighted by molar-refractivity contribution is 5.80. The molecule has 0 saturated heterocycles. The van der Waals surface area contributed by atoms with Gasteiger partial charge in [0.2, 0.25) is 5.91 Å². The molecule has 20 heavy (non-hydrogen) atoms. The molecule has 0 fully saturated rings. The summed E-state index contributed by atoms with van der Waals surface area (Å²) in [6, 6.07) is 4.25. The van der Waals surface area contributed by atoms with Crippen molar-refractivity contribution in [1.29, 1.82) is 0 Å². The monoisotopic (exact) mass is 276 g/mol. The zero-order chi connectivity index (χ0) is 14.7. The number of imidazole rings is 1. The normalized spacial score (nSPS) is 12.2. The molecule has 2 rings (SSSR count). The number of amides is 1. The summed E-state index contributed by atoms with van der Waals surface area (Å²) >= 11 is 0. The van der Waals surface area contributed by atoms with Crippen LogP contribution in [-0.2, 0) is 11.3 Å². The van der Waals surface area contributed by atoms with E-state index in [1.165, 1.54) is 6.07 Å². The fraction of sp³-hybridized carbons (Fsp3) is 0.286. The fourth-order valence-corrected chi connectivity index (χ4v) is 1.84. The molecule has 1 heterocycles. The molecule has 1 unspecified atom stereocenters. The van der Waals surface area contributed by atoms with Crippen LogP contribution in [0, 0.1) is 12.7 Å². The summed E-state index contributed by atoms with van der Waals surface area (Å²) in [6.07, 6.45) is 3.32. The van der Waals surface area contributed by atoms with E-state index in [4.69, 9.17) is 5.73 Å². The highest BCUT2D eigenvalue weighted by Crippen LogP contribution is 2.16. The smallest absolute Gasteiger partial charge is 0.236 e. The predicted octanol–water partition coefficient (Wildman–Crippen LogP) is 1.28. The van der Waals surface area contributed by atoms with Gasteiger partial charge < -0.3 is 15.6 Å². The molecule has 2 aromatic rings. The van der Waals surface area contributed by atoms with E-state index >= 15 is 0 Å². The predicted molar refractivity (Wildman–Crippen MR) is 73.8 cm³/mol. The maximum absolute atomic E-state index is 14.1. The van der Waals surface area contributed by atoms with Gasteiger partial charge in [0.25, 0.3) is 0 Å². The number of hydrogen-bond acceptors (Lipinski definition) is 3. The maximum Gasteiger partial charge on any atom is 0.236 e. The molecule has 3 N–H and O–H groups in total. The van der Waals surface area contributed by atoms with Crippen LogP contribution in [-0.4, -0.2) is 21.5 Å². The first-order valence-electron chi connectivity index (χ1n) is 6.31. The van der Waals surface area contributed by atoms with E-state index in [2.05, 4.69) is 10.3 Å². The van der Waals surface area contributed by atoms with Crippen molar-refractivity contribution < 1.29 is 9.18 Å². The quantitative estimate of drug-likeness (QED) is 0.883. The average molecular weight is 276 g/mol. The maximum atomic E-state index is 14.1. The fourth-order valence-electron chi connectivity index (χ4n) is 1.84. The van der Waals surface area contributed by atoms with Crippen LogP contribution in [0.2, 0.25) is 0 Å². The van der Waals surface area contributed by atoms with Crippen molar-refractivity contribution in [1.82, 2.24) is 14.9 Å². The summed E-state index contributed by atoms with van der Waals surface area (Å²) in [4.78, 5) is 15.4. The Morgan fingerprint density at radius 2 is 2.30 bits per heavy atom. The number of halogens is 1. The molecule has 6 heteroatoms. The number of aromatic nitrogens is 2. The highest BCUT2D eigenvalue weighted by Gasteiger charge is 2.10. The Morgan fingerprint density at radius 3 is 2.85 bits per heavy atom. The third-order valence-electron chi connectivity index (χ3n) is 2.98. The van der Waals surface area contributed by atoms with Gasteiger partial charge in [-0.05, 0) is 31.5 Å². The topological polar surface area (TPSA) is 72.9 Å². The van der Waals surface area contributed by atoms with Gasteiger partial charge in [-0.1, -0.05) is 6.07 Å². The second kappa shape index (κ2) is 5.83. The third kappa shape index (κ3) is 3.03. The lowest BCUT2D eigenvalue weighted by Gasteiger charge is -2.10. The van der Waals surface area contributed by atoms with Gasteiger partial charge in [0.15, 0.2) is 0 Å². The molecule has 0 aliphatic rings. The van der Waals surface area contributed by atoms with Crippen molar-refractivity contribution in [2.45, 2.75) is 26.4 Å². The van der Waals surface area contributed by atoms with Crippen LogP contribution in [0.4, 0.5) is 4.39 Å². The van der Waals surface area contributed by atoms with Crippen LogP contribution in [0.1, 0.15) is 18.3 Å². The molecule has 0 spiro atoms. The summed E-state index contributed by atoms with van der Waals surface area (Å²) in [5, 5.41) is 2.64. The summed E-state index contributed by atoms with van der Waals surface area (Å²) in [7, 11) is 0. The van der Waals surface area contributed by atoms with Gasteiger partial charge in [-0.15, -0.1) is 0 Å². The van der Waals surface area contributed by atoms with E-state index in [9.17, 15) is 9.18 Å². The van der Waals surface area contributed by atoms with Crippen molar-refractivity contribution in [2.75, 3.05) is 0 Å². The van der Waals surface area contributed by atoms with Crippen molar-refractivity contribution in [2.24, 2.45) is 5.73 Å². The van der Waals surface area contributed by atoms with Gasteiger partial charge >= 0.3 is 0 Å². The Labute approximate surface area is 116 Å². The highest BCUT2D eigenvalue weighted by atomic mass is 19.1. The number of rotatable bonds is 4. The van der Waals surface area contributed by atoms with Crippen LogP contribution >= 0.6 is 0 Å². The third-order valence-corrected chi connectivity index (χ3v) is 2.98. The molecule has 1 amide bonds. The van der Waals surface area contributed by atoms with E-state index in [-0.39, 0.29) is 18.3 Å². The molecule has 1 aromatic carbocycles. The molecular formula is C14H17FN4O. The molecule has 0 bridgehead atoms. The second-order valence-corrected chi connectivity index (χ2v) is 4.64. The summed E-state index contributed by atoms with van der Waals surface area (Å²) < 4.78 is 15.8. The Morgan fingerprint density at radius 1 is 1.55 bits per heavy atom. The van der Waals surface area contributed by atoms with E-state index in [1.54, 1.807) is 42.9 Å². The molecule has 0 aliphatic carbocycles. The summed E-state index contributed by atoms with van der Waals surface area (Å²) in [6.45, 7) is 3.65. The number of nitrogens with zero attached hydrogens (tertiary/aromatic N) is 2. The molecule has 1 aromatic heterocycles. The number of nitrogens with one attached hydrogen (secondary N) is 1. The lowest BCUT2D eigenvalue weighted by molar-refractivity contribution is -0.122. The van der Waals surface area contributed by atoms with Gasteiger partial charge in [-0.2, -0.15) is 0 Å². The minimum absolute atomic E-state index is 0.250. The minimum Gasteiger partial charge on any atom is -0.351 e. The van der Waals surface area contributed by atoms with Crippen molar-refractivity contribution in [3.05, 3.63) is 47.8 Å². The summed E-state index contributed by atoms with van der Waals surface area (Å²) in [5.74, 6) is 0.0838. The van der Waals surface area contributed by atoms with Crippen LogP contribution in [0.25, 0.3) is 5.69 Å². The SMILES string of the molecule is Cc1nccn1-c1ccc(CNC(=O)C(C)N)cc1F. The average Bonchev–Trinajstić information content (AvgIpc) is 2.82. The first-order chi connectivity index (χ1) is 9.49. The van der Waals surface area contributed by atoms with Gasteiger partial charge in [0, 0.05) is 18.9 Å². The first kappa shape index (κ1) is 14.2. The standard InChI is InChI=1S/C14H17FN4O/c1-9(16)14(20)18-8-11-3-4-13(12(15)7-11)19-6-5-17-10(19)2/h3-7,9H,8,16H2,1-2H3,(H,18,20). The number of aryl methyl sites for hydroxylation is 1. The molecule has 106 valence electrons. The number of carbonyl (C=O) groups excluding carboxylic acids is 1. The molecule has 5 nitrogen and oxygen atoms in total. The number of benzene rings is 1. The van der Waals surface area contributed by atoms with Gasteiger partial charge in [-0.3, -0.25) is 4.79 Å². The van der Waals surface area contributed by atoms with E-state index in [1.807, 2.05) is 0 Å². The Kier molecular flexibility index (Phi) is 4.14. The Balaban J connectivity index is 2.14. The zero-order valence-electron chi connectivity index (χ0n) is 11.4. The Bertz CT molecular complexity index is 621. The lowest BCUT2D eigenvalue weighted by atomic mass is 10.2. The van der Waals surface area contributed by atoms with Crippen molar-refractivity contribution >= 4 is 5.91 Å². The molecular weight excluding hydrogens is 259 g/mol. The van der Waals surface area contributed by atoms with Crippen LogP contribution in [0.3, 0.4) is 0 Å². The van der Waals surface area contributed by atoms with Gasteiger partial charge in [-0.25, -0.2) is 9.37 Å². The van der Waals surface area contributed by atoms with Crippen LogP contribution < -0.4 is 11.1 Å². The van der Waals surface area contributed by atoms with Crippen molar-refractivity contribution in [3.8, 4) is 5.69 Å². The van der Waals surface area contributed by atoms with Crippen molar-refractivity contribution in [3.63, 3.8) is 0 Å². The zero-order valence-corrected chi connectivity index (χ0v) is 11.4. The van der Waals surface area contributed by atoms with E-state index < -0.39 is 6.04 Å².